The van der Waals surface area contributed by atoms with Gasteiger partial charge in [-0.05, 0) is 36.6 Å². The van der Waals surface area contributed by atoms with Crippen molar-refractivity contribution in [3.8, 4) is 0 Å². The zero-order chi connectivity index (χ0) is 16.0. The summed E-state index contributed by atoms with van der Waals surface area (Å²) in [5, 5.41) is 3.05. The van der Waals surface area contributed by atoms with E-state index >= 15 is 0 Å². The zero-order valence-corrected chi connectivity index (χ0v) is 13.9. The summed E-state index contributed by atoms with van der Waals surface area (Å²) in [5.74, 6) is 0.343. The summed E-state index contributed by atoms with van der Waals surface area (Å²) in [7, 11) is 3.32. The van der Waals surface area contributed by atoms with Crippen LogP contribution in [-0.4, -0.2) is 48.9 Å². The van der Waals surface area contributed by atoms with Crippen molar-refractivity contribution in [2.75, 3.05) is 31.4 Å². The summed E-state index contributed by atoms with van der Waals surface area (Å²) in [5.41, 5.74) is 6.66. The fourth-order valence-electron chi connectivity index (χ4n) is 1.61. The van der Waals surface area contributed by atoms with E-state index in [0.717, 1.165) is 5.75 Å². The molecule has 1 rings (SSSR count). The lowest BCUT2D eigenvalue weighted by molar-refractivity contribution is -0.117. The number of hydrogen-bond donors (Lipinski definition) is 2. The van der Waals surface area contributed by atoms with Crippen LogP contribution < -0.4 is 11.1 Å². The lowest BCUT2D eigenvalue weighted by Gasteiger charge is -2.15. The first-order valence-electron chi connectivity index (χ1n) is 6.43. The van der Waals surface area contributed by atoms with Crippen LogP contribution in [0.1, 0.15) is 16.8 Å². The van der Waals surface area contributed by atoms with Gasteiger partial charge in [0, 0.05) is 19.7 Å². The predicted molar refractivity (Wildman–Crippen MR) is 89.1 cm³/mol. The molecular formula is C14H20ClN3O2S. The van der Waals surface area contributed by atoms with Gasteiger partial charge >= 0.3 is 0 Å². The molecule has 1 atom stereocenters. The SMILES string of the molecule is CSCC[C@H](N)C(=O)Nc1cc(C(=O)N(C)C)ccc1Cl. The Hall–Kier alpha value is -1.24. The molecule has 0 bridgehead atoms. The molecule has 0 aliphatic carbocycles. The average Bonchev–Trinajstić information content (AvgIpc) is 2.45. The molecule has 5 nitrogen and oxygen atoms in total. The van der Waals surface area contributed by atoms with Gasteiger partial charge in [0.05, 0.1) is 16.8 Å². The monoisotopic (exact) mass is 329 g/mol. The summed E-state index contributed by atoms with van der Waals surface area (Å²) < 4.78 is 0. The van der Waals surface area contributed by atoms with E-state index in [9.17, 15) is 9.59 Å². The number of amides is 2. The molecule has 0 fully saturated rings. The first-order valence-corrected chi connectivity index (χ1v) is 8.20. The van der Waals surface area contributed by atoms with E-state index < -0.39 is 6.04 Å². The Labute approximate surface area is 134 Å². The van der Waals surface area contributed by atoms with E-state index in [1.807, 2.05) is 6.26 Å². The Morgan fingerprint density at radius 3 is 2.67 bits per heavy atom. The van der Waals surface area contributed by atoms with Crippen LogP contribution in [-0.2, 0) is 4.79 Å². The van der Waals surface area contributed by atoms with Gasteiger partial charge in [-0.3, -0.25) is 9.59 Å². The van der Waals surface area contributed by atoms with Crippen LogP contribution in [0.3, 0.4) is 0 Å². The van der Waals surface area contributed by atoms with Gasteiger partial charge < -0.3 is 16.0 Å². The Morgan fingerprint density at radius 2 is 2.10 bits per heavy atom. The maximum atomic E-state index is 12.0. The number of benzene rings is 1. The Kier molecular flexibility index (Phi) is 7.01. The number of thioether (sulfide) groups is 1. The molecule has 116 valence electrons. The summed E-state index contributed by atoms with van der Waals surface area (Å²) in [6, 6.07) is 4.17. The molecule has 0 aliphatic rings. The van der Waals surface area contributed by atoms with E-state index in [0.29, 0.717) is 22.7 Å². The Balaban J connectivity index is 2.85. The van der Waals surface area contributed by atoms with Gasteiger partial charge in [0.25, 0.3) is 5.91 Å². The molecule has 0 unspecified atom stereocenters. The van der Waals surface area contributed by atoms with Crippen molar-refractivity contribution >= 4 is 40.9 Å². The zero-order valence-electron chi connectivity index (χ0n) is 12.4. The molecule has 0 saturated heterocycles. The van der Waals surface area contributed by atoms with E-state index in [2.05, 4.69) is 5.32 Å². The number of carbonyl (C=O) groups excluding carboxylic acids is 2. The molecule has 1 aromatic rings. The van der Waals surface area contributed by atoms with Crippen LogP contribution in [0, 0.1) is 0 Å². The minimum absolute atomic E-state index is 0.158. The standard InChI is InChI=1S/C14H20ClN3O2S/c1-18(2)14(20)9-4-5-10(15)12(8-9)17-13(19)11(16)6-7-21-3/h4-5,8,11H,6-7,16H2,1-3H3,(H,17,19)/t11-/m0/s1. The molecule has 2 amide bonds. The van der Waals surface area contributed by atoms with Crippen molar-refractivity contribution in [3.63, 3.8) is 0 Å². The third kappa shape index (κ3) is 5.22. The minimum Gasteiger partial charge on any atom is -0.345 e. The fourth-order valence-corrected chi connectivity index (χ4v) is 2.27. The maximum Gasteiger partial charge on any atom is 0.253 e. The highest BCUT2D eigenvalue weighted by molar-refractivity contribution is 7.98. The smallest absolute Gasteiger partial charge is 0.253 e. The van der Waals surface area contributed by atoms with Gasteiger partial charge in [0.1, 0.15) is 0 Å². The molecular weight excluding hydrogens is 310 g/mol. The highest BCUT2D eigenvalue weighted by Crippen LogP contribution is 2.24. The molecule has 0 radical (unpaired) electrons. The average molecular weight is 330 g/mol. The van der Waals surface area contributed by atoms with Gasteiger partial charge in [-0.1, -0.05) is 11.6 Å². The third-order valence-corrected chi connectivity index (χ3v) is 3.82. The highest BCUT2D eigenvalue weighted by atomic mass is 35.5. The topological polar surface area (TPSA) is 75.4 Å². The lowest BCUT2D eigenvalue weighted by atomic mass is 10.1. The van der Waals surface area contributed by atoms with Gasteiger partial charge in [0.15, 0.2) is 0 Å². The molecule has 3 N–H and O–H groups in total. The first-order chi connectivity index (χ1) is 9.86. The second-order valence-corrected chi connectivity index (χ2v) is 6.16. The number of nitrogens with zero attached hydrogens (tertiary/aromatic N) is 1. The van der Waals surface area contributed by atoms with Crippen LogP contribution in [0.4, 0.5) is 5.69 Å². The quantitative estimate of drug-likeness (QED) is 0.837. The Bertz CT molecular complexity index is 523. The number of anilines is 1. The van der Waals surface area contributed by atoms with E-state index in [-0.39, 0.29) is 11.8 Å². The number of hydrogen-bond acceptors (Lipinski definition) is 4. The number of rotatable bonds is 6. The summed E-state index contributed by atoms with van der Waals surface area (Å²) >= 11 is 7.68. The number of nitrogens with one attached hydrogen (secondary N) is 1. The van der Waals surface area contributed by atoms with Crippen LogP contribution in [0.15, 0.2) is 18.2 Å². The van der Waals surface area contributed by atoms with Crippen LogP contribution in [0.25, 0.3) is 0 Å². The van der Waals surface area contributed by atoms with Crippen molar-refractivity contribution in [1.82, 2.24) is 4.90 Å². The molecule has 21 heavy (non-hydrogen) atoms. The second kappa shape index (κ2) is 8.26. The molecule has 0 spiro atoms. The van der Waals surface area contributed by atoms with Gasteiger partial charge in [-0.2, -0.15) is 11.8 Å². The number of halogens is 1. The number of carbonyl (C=O) groups is 2. The minimum atomic E-state index is -0.596. The molecule has 0 saturated carbocycles. The molecule has 1 aromatic carbocycles. The first kappa shape index (κ1) is 17.8. The van der Waals surface area contributed by atoms with E-state index in [1.54, 1.807) is 44.1 Å². The van der Waals surface area contributed by atoms with E-state index in [1.165, 1.54) is 4.90 Å². The van der Waals surface area contributed by atoms with Crippen molar-refractivity contribution < 1.29 is 9.59 Å². The third-order valence-electron chi connectivity index (χ3n) is 2.85. The predicted octanol–water partition coefficient (Wildman–Crippen LogP) is 2.06. The highest BCUT2D eigenvalue weighted by Gasteiger charge is 2.16. The van der Waals surface area contributed by atoms with Crippen LogP contribution in [0.2, 0.25) is 5.02 Å². The van der Waals surface area contributed by atoms with Gasteiger partial charge in [-0.25, -0.2) is 0 Å². The van der Waals surface area contributed by atoms with Crippen molar-refractivity contribution in [2.45, 2.75) is 12.5 Å². The molecule has 0 aromatic heterocycles. The summed E-state index contributed by atoms with van der Waals surface area (Å²) in [4.78, 5) is 25.4. The molecule has 7 heteroatoms. The normalized spacial score (nSPS) is 11.9. The van der Waals surface area contributed by atoms with Crippen molar-refractivity contribution in [1.29, 1.82) is 0 Å². The number of nitrogens with two attached hydrogens (primary N) is 1. The van der Waals surface area contributed by atoms with Crippen molar-refractivity contribution in [2.24, 2.45) is 5.73 Å². The second-order valence-electron chi connectivity index (χ2n) is 4.77. The van der Waals surface area contributed by atoms with Gasteiger partial charge in [-0.15, -0.1) is 0 Å². The van der Waals surface area contributed by atoms with E-state index in [4.69, 9.17) is 17.3 Å². The van der Waals surface area contributed by atoms with Gasteiger partial charge in [0.2, 0.25) is 5.91 Å². The lowest BCUT2D eigenvalue weighted by Crippen LogP contribution is -2.36. The molecule has 0 aliphatic heterocycles. The Morgan fingerprint density at radius 1 is 1.43 bits per heavy atom. The fraction of sp³-hybridized carbons (Fsp3) is 0.429. The van der Waals surface area contributed by atoms with Crippen LogP contribution in [0.5, 0.6) is 0 Å². The summed E-state index contributed by atoms with van der Waals surface area (Å²) in [6.45, 7) is 0. The largest absolute Gasteiger partial charge is 0.345 e. The van der Waals surface area contributed by atoms with Crippen molar-refractivity contribution in [3.05, 3.63) is 28.8 Å². The molecule has 0 heterocycles. The van der Waals surface area contributed by atoms with Crippen LogP contribution >= 0.6 is 23.4 Å². The summed E-state index contributed by atoms with van der Waals surface area (Å²) in [6.07, 6.45) is 2.54. The maximum absolute atomic E-state index is 12.0.